The smallest absolute Gasteiger partial charge is 0.246 e. The zero-order valence-electron chi connectivity index (χ0n) is 10.2. The Kier molecular flexibility index (Phi) is 2.63. The van der Waals surface area contributed by atoms with Gasteiger partial charge in [0.1, 0.15) is 17.1 Å². The van der Waals surface area contributed by atoms with Gasteiger partial charge >= 0.3 is 0 Å². The first-order valence-corrected chi connectivity index (χ1v) is 5.81. The average molecular weight is 255 g/mol. The Morgan fingerprint density at radius 1 is 1.26 bits per heavy atom. The van der Waals surface area contributed by atoms with Crippen molar-refractivity contribution in [3.05, 3.63) is 65.4 Å². The fraction of sp³-hybridized carbons (Fsp3) is 0.0667. The van der Waals surface area contributed by atoms with Crippen molar-refractivity contribution < 1.29 is 13.6 Å². The summed E-state index contributed by atoms with van der Waals surface area (Å²) in [5.74, 6) is -0.442. The van der Waals surface area contributed by atoms with Crippen molar-refractivity contribution in [3.8, 4) is 0 Å². The van der Waals surface area contributed by atoms with Crippen molar-refractivity contribution in [1.82, 2.24) is 4.98 Å². The number of rotatable bonds is 2. The second-order valence-electron chi connectivity index (χ2n) is 4.24. The highest BCUT2D eigenvalue weighted by Crippen LogP contribution is 2.27. The highest BCUT2D eigenvalue weighted by atomic mass is 19.1. The molecule has 0 saturated carbocycles. The first-order valence-electron chi connectivity index (χ1n) is 5.81. The Labute approximate surface area is 108 Å². The van der Waals surface area contributed by atoms with E-state index in [2.05, 4.69) is 4.98 Å². The number of hydrogen-bond acceptors (Lipinski definition) is 3. The van der Waals surface area contributed by atoms with Gasteiger partial charge in [-0.05, 0) is 37.3 Å². The fourth-order valence-corrected chi connectivity index (χ4v) is 2.02. The summed E-state index contributed by atoms with van der Waals surface area (Å²) in [7, 11) is 0. The van der Waals surface area contributed by atoms with E-state index in [-0.39, 0.29) is 17.4 Å². The van der Waals surface area contributed by atoms with Crippen LogP contribution in [0.5, 0.6) is 0 Å². The van der Waals surface area contributed by atoms with Crippen LogP contribution < -0.4 is 0 Å². The summed E-state index contributed by atoms with van der Waals surface area (Å²) in [4.78, 5) is 16.3. The van der Waals surface area contributed by atoms with E-state index < -0.39 is 0 Å². The van der Waals surface area contributed by atoms with Gasteiger partial charge in [0.05, 0.1) is 0 Å². The lowest BCUT2D eigenvalue weighted by atomic mass is 10.1. The molecule has 0 fully saturated rings. The van der Waals surface area contributed by atoms with Crippen LogP contribution in [0.25, 0.3) is 11.0 Å². The van der Waals surface area contributed by atoms with Gasteiger partial charge < -0.3 is 4.42 Å². The highest BCUT2D eigenvalue weighted by Gasteiger charge is 2.20. The van der Waals surface area contributed by atoms with E-state index in [0.717, 1.165) is 0 Å². The maximum Gasteiger partial charge on any atom is 0.246 e. The number of hydrogen-bond donors (Lipinski definition) is 0. The molecule has 2 heterocycles. The van der Waals surface area contributed by atoms with Crippen molar-refractivity contribution in [2.75, 3.05) is 0 Å². The number of nitrogens with zero attached hydrogens (tertiary/aromatic N) is 1. The van der Waals surface area contributed by atoms with E-state index in [1.165, 1.54) is 18.2 Å². The third-order valence-electron chi connectivity index (χ3n) is 3.00. The van der Waals surface area contributed by atoms with Gasteiger partial charge in [0.15, 0.2) is 5.76 Å². The third kappa shape index (κ3) is 1.91. The van der Waals surface area contributed by atoms with Gasteiger partial charge in [-0.1, -0.05) is 6.07 Å². The number of carbonyl (C=O) groups is 1. The predicted octanol–water partition coefficient (Wildman–Crippen LogP) is 3.51. The number of aromatic nitrogens is 1. The SMILES string of the molecule is Cc1c(C(=O)c2ccccn2)oc2ccc(F)cc12. The van der Waals surface area contributed by atoms with Crippen LogP contribution in [0, 0.1) is 12.7 Å². The lowest BCUT2D eigenvalue weighted by molar-refractivity contribution is 0.101. The Morgan fingerprint density at radius 3 is 2.84 bits per heavy atom. The number of benzene rings is 1. The molecular weight excluding hydrogens is 245 g/mol. The molecule has 0 aliphatic carbocycles. The molecule has 0 amide bonds. The Balaban J connectivity index is 2.16. The van der Waals surface area contributed by atoms with E-state index in [4.69, 9.17) is 4.42 Å². The van der Waals surface area contributed by atoms with Crippen LogP contribution in [0.3, 0.4) is 0 Å². The standard InChI is InChI=1S/C15H10FNO2/c1-9-11-8-10(16)5-6-13(11)19-15(9)14(18)12-4-2-3-7-17-12/h2-8H,1H3. The van der Waals surface area contributed by atoms with Crippen molar-refractivity contribution >= 4 is 16.8 Å². The molecule has 0 aliphatic rings. The summed E-state index contributed by atoms with van der Waals surface area (Å²) in [6, 6.07) is 9.28. The molecule has 0 aliphatic heterocycles. The van der Waals surface area contributed by atoms with Crippen LogP contribution in [0.4, 0.5) is 4.39 Å². The number of fused-ring (bicyclic) bond motifs is 1. The van der Waals surface area contributed by atoms with Gasteiger partial charge in [-0.25, -0.2) is 4.39 Å². The van der Waals surface area contributed by atoms with Crippen molar-refractivity contribution in [2.24, 2.45) is 0 Å². The molecule has 0 unspecified atom stereocenters. The molecule has 0 atom stereocenters. The molecule has 0 N–H and O–H groups in total. The summed E-state index contributed by atoms with van der Waals surface area (Å²) in [6.07, 6.45) is 1.55. The lowest BCUT2D eigenvalue weighted by Gasteiger charge is -1.97. The number of halogens is 1. The van der Waals surface area contributed by atoms with Crippen LogP contribution in [-0.4, -0.2) is 10.8 Å². The minimum Gasteiger partial charge on any atom is -0.452 e. The van der Waals surface area contributed by atoms with Crippen LogP contribution in [-0.2, 0) is 0 Å². The third-order valence-corrected chi connectivity index (χ3v) is 3.00. The van der Waals surface area contributed by atoms with Crippen LogP contribution in [0.15, 0.2) is 47.0 Å². The molecule has 0 spiro atoms. The second kappa shape index (κ2) is 4.31. The first-order chi connectivity index (χ1) is 9.16. The molecule has 0 bridgehead atoms. The van der Waals surface area contributed by atoms with Gasteiger partial charge in [-0.3, -0.25) is 9.78 Å². The van der Waals surface area contributed by atoms with E-state index in [1.807, 2.05) is 0 Å². The van der Waals surface area contributed by atoms with Crippen molar-refractivity contribution in [2.45, 2.75) is 6.92 Å². The number of carbonyl (C=O) groups excluding carboxylic acids is 1. The maximum atomic E-state index is 13.2. The normalized spacial score (nSPS) is 10.8. The average Bonchev–Trinajstić information content (AvgIpc) is 2.76. The Hall–Kier alpha value is -2.49. The molecule has 1 aromatic carbocycles. The fourth-order valence-electron chi connectivity index (χ4n) is 2.02. The topological polar surface area (TPSA) is 43.1 Å². The van der Waals surface area contributed by atoms with E-state index in [0.29, 0.717) is 22.2 Å². The van der Waals surface area contributed by atoms with Gasteiger partial charge in [0.2, 0.25) is 5.78 Å². The molecule has 19 heavy (non-hydrogen) atoms. The van der Waals surface area contributed by atoms with Crippen molar-refractivity contribution in [1.29, 1.82) is 0 Å². The molecule has 3 nitrogen and oxygen atoms in total. The predicted molar refractivity (Wildman–Crippen MR) is 68.6 cm³/mol. The number of furan rings is 1. The monoisotopic (exact) mass is 255 g/mol. The summed E-state index contributed by atoms with van der Waals surface area (Å²) >= 11 is 0. The van der Waals surface area contributed by atoms with Crippen LogP contribution >= 0.6 is 0 Å². The second-order valence-corrected chi connectivity index (χ2v) is 4.24. The van der Waals surface area contributed by atoms with Gasteiger partial charge in [0.25, 0.3) is 0 Å². The Bertz CT molecular complexity index is 762. The van der Waals surface area contributed by atoms with E-state index in [9.17, 15) is 9.18 Å². The van der Waals surface area contributed by atoms with Gasteiger partial charge in [0, 0.05) is 17.1 Å². The van der Waals surface area contributed by atoms with Crippen LogP contribution in [0.1, 0.15) is 21.8 Å². The zero-order chi connectivity index (χ0) is 13.4. The van der Waals surface area contributed by atoms with Crippen molar-refractivity contribution in [3.63, 3.8) is 0 Å². The molecular formula is C15H10FNO2. The minimum atomic E-state index is -0.353. The summed E-state index contributed by atoms with van der Waals surface area (Å²) in [6.45, 7) is 1.74. The molecule has 94 valence electrons. The summed E-state index contributed by atoms with van der Waals surface area (Å²) < 4.78 is 18.7. The number of ketones is 1. The van der Waals surface area contributed by atoms with E-state index >= 15 is 0 Å². The summed E-state index contributed by atoms with van der Waals surface area (Å²) in [5.41, 5.74) is 1.44. The molecule has 2 aromatic heterocycles. The number of aryl methyl sites for hydroxylation is 1. The lowest BCUT2D eigenvalue weighted by Crippen LogP contribution is -2.03. The molecule has 3 rings (SSSR count). The van der Waals surface area contributed by atoms with E-state index in [1.54, 1.807) is 31.3 Å². The molecule has 3 aromatic rings. The number of pyridine rings is 1. The molecule has 0 radical (unpaired) electrons. The maximum absolute atomic E-state index is 13.2. The van der Waals surface area contributed by atoms with Crippen LogP contribution in [0.2, 0.25) is 0 Å². The Morgan fingerprint density at radius 2 is 2.11 bits per heavy atom. The zero-order valence-corrected chi connectivity index (χ0v) is 10.2. The first kappa shape index (κ1) is 11.6. The highest BCUT2D eigenvalue weighted by molar-refractivity contribution is 6.09. The largest absolute Gasteiger partial charge is 0.452 e. The molecule has 0 saturated heterocycles. The quantitative estimate of drug-likeness (QED) is 0.658. The summed E-state index contributed by atoms with van der Waals surface area (Å²) in [5, 5.41) is 0.610. The molecule has 4 heteroatoms. The van der Waals surface area contributed by atoms with Gasteiger partial charge in [-0.15, -0.1) is 0 Å². The van der Waals surface area contributed by atoms with Gasteiger partial charge in [-0.2, -0.15) is 0 Å². The minimum absolute atomic E-state index is 0.208.